The van der Waals surface area contributed by atoms with Gasteiger partial charge in [-0.1, -0.05) is 23.7 Å². The molecular formula is C21H25ClN2O3S. The maximum absolute atomic E-state index is 6.02. The molecule has 0 bridgehead atoms. The Hall–Kier alpha value is -2.02. The normalized spacial score (nSPS) is 15.9. The van der Waals surface area contributed by atoms with Gasteiger partial charge in [0, 0.05) is 30.8 Å². The Morgan fingerprint density at radius 2 is 2.00 bits per heavy atom. The third-order valence-electron chi connectivity index (χ3n) is 4.67. The van der Waals surface area contributed by atoms with E-state index in [1.807, 2.05) is 42.5 Å². The summed E-state index contributed by atoms with van der Waals surface area (Å²) < 4.78 is 16.6. The molecule has 1 heterocycles. The van der Waals surface area contributed by atoms with Gasteiger partial charge >= 0.3 is 0 Å². The van der Waals surface area contributed by atoms with Gasteiger partial charge < -0.3 is 24.4 Å². The predicted molar refractivity (Wildman–Crippen MR) is 117 cm³/mol. The van der Waals surface area contributed by atoms with Gasteiger partial charge in [-0.15, -0.1) is 0 Å². The molecule has 5 nitrogen and oxygen atoms in total. The van der Waals surface area contributed by atoms with Crippen molar-refractivity contribution in [3.8, 4) is 11.5 Å². The Labute approximate surface area is 176 Å². The minimum Gasteiger partial charge on any atom is -0.497 e. The zero-order valence-corrected chi connectivity index (χ0v) is 17.7. The van der Waals surface area contributed by atoms with Gasteiger partial charge in [-0.2, -0.15) is 0 Å². The first-order valence-corrected chi connectivity index (χ1v) is 10.0. The topological polar surface area (TPSA) is 43.0 Å². The smallest absolute Gasteiger partial charge is 0.173 e. The van der Waals surface area contributed by atoms with E-state index in [2.05, 4.69) is 10.2 Å². The largest absolute Gasteiger partial charge is 0.497 e. The average molecular weight is 421 g/mol. The molecule has 0 aromatic heterocycles. The lowest BCUT2D eigenvalue weighted by atomic mass is 10.2. The zero-order valence-electron chi connectivity index (χ0n) is 16.1. The van der Waals surface area contributed by atoms with Gasteiger partial charge in [0.15, 0.2) is 5.11 Å². The van der Waals surface area contributed by atoms with Gasteiger partial charge in [0.05, 0.1) is 26.0 Å². The highest BCUT2D eigenvalue weighted by molar-refractivity contribution is 7.80. The molecule has 0 radical (unpaired) electrons. The molecule has 7 heteroatoms. The Bertz CT molecular complexity index is 795. The van der Waals surface area contributed by atoms with Gasteiger partial charge in [-0.3, -0.25) is 0 Å². The molecule has 1 atom stereocenters. The highest BCUT2D eigenvalue weighted by atomic mass is 35.5. The molecule has 28 heavy (non-hydrogen) atoms. The Morgan fingerprint density at radius 3 is 2.64 bits per heavy atom. The molecule has 0 saturated carbocycles. The highest BCUT2D eigenvalue weighted by Crippen LogP contribution is 2.29. The summed E-state index contributed by atoms with van der Waals surface area (Å²) in [4.78, 5) is 2.12. The van der Waals surface area contributed by atoms with Crippen LogP contribution >= 0.6 is 23.8 Å². The van der Waals surface area contributed by atoms with E-state index in [1.165, 1.54) is 0 Å². The lowest BCUT2D eigenvalue weighted by Crippen LogP contribution is -2.39. The monoisotopic (exact) mass is 420 g/mol. The van der Waals surface area contributed by atoms with Crippen LogP contribution in [-0.4, -0.2) is 43.5 Å². The highest BCUT2D eigenvalue weighted by Gasteiger charge is 2.22. The molecule has 0 spiro atoms. The number of methoxy groups -OCH3 is 2. The van der Waals surface area contributed by atoms with E-state index in [-0.39, 0.29) is 6.10 Å². The summed E-state index contributed by atoms with van der Waals surface area (Å²) in [5, 5.41) is 4.65. The van der Waals surface area contributed by atoms with E-state index in [1.54, 1.807) is 14.2 Å². The SMILES string of the molecule is COc1ccc(NC(=S)N(Cc2ccc(Cl)cc2)CC2CCCO2)c(OC)c1. The summed E-state index contributed by atoms with van der Waals surface area (Å²) in [6.45, 7) is 2.21. The van der Waals surface area contributed by atoms with Gasteiger partial charge in [0.2, 0.25) is 0 Å². The molecule has 150 valence electrons. The summed E-state index contributed by atoms with van der Waals surface area (Å²) in [5.74, 6) is 1.40. The fraction of sp³-hybridized carbons (Fsp3) is 0.381. The van der Waals surface area contributed by atoms with Gasteiger partial charge in [-0.05, 0) is 54.9 Å². The minimum atomic E-state index is 0.185. The van der Waals surface area contributed by atoms with Crippen LogP contribution in [0.25, 0.3) is 0 Å². The van der Waals surface area contributed by atoms with Crippen LogP contribution in [0.15, 0.2) is 42.5 Å². The van der Waals surface area contributed by atoms with Crippen molar-refractivity contribution >= 4 is 34.6 Å². The van der Waals surface area contributed by atoms with E-state index in [4.69, 9.17) is 38.0 Å². The number of hydrogen-bond acceptors (Lipinski definition) is 4. The Kier molecular flexibility index (Phi) is 7.36. The third-order valence-corrected chi connectivity index (χ3v) is 5.28. The van der Waals surface area contributed by atoms with Gasteiger partial charge in [0.1, 0.15) is 11.5 Å². The Balaban J connectivity index is 1.76. The maximum atomic E-state index is 6.02. The predicted octanol–water partition coefficient (Wildman–Crippen LogP) is 4.74. The number of hydrogen-bond donors (Lipinski definition) is 1. The summed E-state index contributed by atoms with van der Waals surface area (Å²) in [6, 6.07) is 13.4. The Morgan fingerprint density at radius 1 is 1.21 bits per heavy atom. The molecule has 0 amide bonds. The fourth-order valence-electron chi connectivity index (χ4n) is 3.16. The van der Waals surface area contributed by atoms with Crippen LogP contribution in [0.2, 0.25) is 5.02 Å². The molecule has 1 aliphatic rings. The molecule has 0 aliphatic carbocycles. The number of ether oxygens (including phenoxy) is 3. The summed E-state index contributed by atoms with van der Waals surface area (Å²) in [6.07, 6.45) is 2.32. The molecule has 1 saturated heterocycles. The van der Waals surface area contributed by atoms with Crippen LogP contribution < -0.4 is 14.8 Å². The van der Waals surface area contributed by atoms with Crippen molar-refractivity contribution in [2.45, 2.75) is 25.5 Å². The molecule has 2 aromatic carbocycles. The van der Waals surface area contributed by atoms with E-state index < -0.39 is 0 Å². The number of thiocarbonyl (C=S) groups is 1. The number of benzene rings is 2. The molecule has 1 unspecified atom stereocenters. The van der Waals surface area contributed by atoms with Gasteiger partial charge in [0.25, 0.3) is 0 Å². The molecule has 3 rings (SSSR count). The lowest BCUT2D eigenvalue weighted by molar-refractivity contribution is 0.0905. The van der Waals surface area contributed by atoms with Crippen molar-refractivity contribution in [1.82, 2.24) is 4.90 Å². The van der Waals surface area contributed by atoms with Crippen LogP contribution in [0.5, 0.6) is 11.5 Å². The van der Waals surface area contributed by atoms with E-state index in [0.717, 1.165) is 48.0 Å². The van der Waals surface area contributed by atoms with Crippen LogP contribution in [-0.2, 0) is 11.3 Å². The summed E-state index contributed by atoms with van der Waals surface area (Å²) in [5.41, 5.74) is 1.93. The number of nitrogens with zero attached hydrogens (tertiary/aromatic N) is 1. The standard InChI is InChI=1S/C21H25ClN2O3S/c1-25-17-9-10-19(20(12-17)26-2)23-21(28)24(14-18-4-3-11-27-18)13-15-5-7-16(22)8-6-15/h5-10,12,18H,3-4,11,13-14H2,1-2H3,(H,23,28). The van der Waals surface area contributed by atoms with E-state index >= 15 is 0 Å². The molecule has 1 N–H and O–H groups in total. The summed E-state index contributed by atoms with van der Waals surface area (Å²) in [7, 11) is 3.25. The lowest BCUT2D eigenvalue weighted by Gasteiger charge is -2.29. The van der Waals surface area contributed by atoms with Crippen LogP contribution in [0.1, 0.15) is 18.4 Å². The molecule has 1 aliphatic heterocycles. The second kappa shape index (κ2) is 9.96. The quantitative estimate of drug-likeness (QED) is 0.653. The number of halogens is 1. The molecular weight excluding hydrogens is 396 g/mol. The third kappa shape index (κ3) is 5.50. The molecule has 2 aromatic rings. The zero-order chi connectivity index (χ0) is 19.9. The van der Waals surface area contributed by atoms with Crippen molar-refractivity contribution in [1.29, 1.82) is 0 Å². The van der Waals surface area contributed by atoms with Crippen molar-refractivity contribution in [2.75, 3.05) is 32.7 Å². The van der Waals surface area contributed by atoms with Crippen molar-refractivity contribution in [2.24, 2.45) is 0 Å². The number of nitrogens with one attached hydrogen (secondary N) is 1. The first-order chi connectivity index (χ1) is 13.6. The van der Waals surface area contributed by atoms with Crippen molar-refractivity contribution < 1.29 is 14.2 Å². The minimum absolute atomic E-state index is 0.185. The van der Waals surface area contributed by atoms with Crippen LogP contribution in [0.3, 0.4) is 0 Å². The van der Waals surface area contributed by atoms with E-state index in [9.17, 15) is 0 Å². The van der Waals surface area contributed by atoms with Crippen molar-refractivity contribution in [3.63, 3.8) is 0 Å². The maximum Gasteiger partial charge on any atom is 0.173 e. The first kappa shape index (κ1) is 20.7. The second-order valence-corrected chi connectivity index (χ2v) is 7.46. The first-order valence-electron chi connectivity index (χ1n) is 9.23. The number of rotatable bonds is 7. The second-order valence-electron chi connectivity index (χ2n) is 6.64. The van der Waals surface area contributed by atoms with E-state index in [0.29, 0.717) is 17.4 Å². The fourth-order valence-corrected chi connectivity index (χ4v) is 3.53. The average Bonchev–Trinajstić information content (AvgIpc) is 3.22. The number of anilines is 1. The van der Waals surface area contributed by atoms with Gasteiger partial charge in [-0.25, -0.2) is 0 Å². The van der Waals surface area contributed by atoms with Crippen molar-refractivity contribution in [3.05, 3.63) is 53.1 Å². The van der Waals surface area contributed by atoms with Crippen LogP contribution in [0.4, 0.5) is 5.69 Å². The summed E-state index contributed by atoms with van der Waals surface area (Å²) >= 11 is 11.7. The van der Waals surface area contributed by atoms with Crippen LogP contribution in [0, 0.1) is 0 Å². The molecule has 1 fully saturated rings.